The molecule has 5 nitrogen and oxygen atoms in total. The van der Waals surface area contributed by atoms with E-state index in [0.29, 0.717) is 13.0 Å². The summed E-state index contributed by atoms with van der Waals surface area (Å²) in [6.45, 7) is 6.82. The van der Waals surface area contributed by atoms with E-state index in [2.05, 4.69) is 5.32 Å². The van der Waals surface area contributed by atoms with E-state index in [-0.39, 0.29) is 11.9 Å². The van der Waals surface area contributed by atoms with Gasteiger partial charge in [-0.1, -0.05) is 30.3 Å². The molecule has 1 N–H and O–H groups in total. The molecule has 1 aliphatic rings. The maximum absolute atomic E-state index is 12.6. The second kappa shape index (κ2) is 8.18. The number of nitrogens with one attached hydrogen (secondary N) is 1. The third-order valence-electron chi connectivity index (χ3n) is 3.94. The number of carbonyl (C=O) groups is 2. The van der Waals surface area contributed by atoms with Crippen LogP contribution in [0.25, 0.3) is 0 Å². The molecule has 1 saturated heterocycles. The fraction of sp³-hybridized carbons (Fsp3) is 0.579. The van der Waals surface area contributed by atoms with E-state index in [0.717, 1.165) is 31.4 Å². The fourth-order valence-corrected chi connectivity index (χ4v) is 2.84. The molecule has 5 heteroatoms. The number of benzene rings is 1. The molecule has 24 heavy (non-hydrogen) atoms. The number of carbonyl (C=O) groups excluding carboxylic acids is 2. The first-order chi connectivity index (χ1) is 11.3. The van der Waals surface area contributed by atoms with Gasteiger partial charge in [-0.05, 0) is 45.6 Å². The Morgan fingerprint density at radius 3 is 2.58 bits per heavy atom. The topological polar surface area (TPSA) is 58.6 Å². The van der Waals surface area contributed by atoms with Crippen molar-refractivity contribution in [2.75, 3.05) is 13.1 Å². The number of ether oxygens (including phenoxy) is 1. The van der Waals surface area contributed by atoms with Crippen LogP contribution in [0.3, 0.4) is 0 Å². The minimum atomic E-state index is -0.516. The lowest BCUT2D eigenvalue weighted by Crippen LogP contribution is -2.46. The van der Waals surface area contributed by atoms with Gasteiger partial charge in [0, 0.05) is 19.1 Å². The third-order valence-corrected chi connectivity index (χ3v) is 3.94. The van der Waals surface area contributed by atoms with E-state index in [1.807, 2.05) is 56.0 Å². The van der Waals surface area contributed by atoms with Gasteiger partial charge in [-0.2, -0.15) is 0 Å². The van der Waals surface area contributed by atoms with Crippen LogP contribution >= 0.6 is 0 Å². The smallest absolute Gasteiger partial charge is 0.407 e. The number of nitrogens with zero attached hydrogens (tertiary/aromatic N) is 1. The van der Waals surface area contributed by atoms with Crippen LogP contribution in [0.5, 0.6) is 0 Å². The Labute approximate surface area is 144 Å². The second-order valence-electron chi connectivity index (χ2n) is 7.34. The molecule has 0 radical (unpaired) electrons. The van der Waals surface area contributed by atoms with E-state index in [4.69, 9.17) is 4.74 Å². The Bertz CT molecular complexity index is 551. The Morgan fingerprint density at radius 2 is 1.92 bits per heavy atom. The molecule has 2 rings (SSSR count). The highest BCUT2D eigenvalue weighted by Crippen LogP contribution is 2.14. The van der Waals surface area contributed by atoms with Crippen LogP contribution in [0, 0.1) is 0 Å². The van der Waals surface area contributed by atoms with Gasteiger partial charge >= 0.3 is 6.09 Å². The summed E-state index contributed by atoms with van der Waals surface area (Å²) in [5, 5.41) is 2.91. The number of likely N-dealkylation sites (tertiary alicyclic amines) is 1. The molecule has 1 aromatic carbocycles. The third kappa shape index (κ3) is 6.22. The molecule has 1 atom stereocenters. The lowest BCUT2D eigenvalue weighted by atomic mass is 10.1. The first kappa shape index (κ1) is 18.3. The normalized spacial score (nSPS) is 18.6. The Kier molecular flexibility index (Phi) is 6.23. The highest BCUT2D eigenvalue weighted by atomic mass is 16.6. The van der Waals surface area contributed by atoms with Gasteiger partial charge in [0.25, 0.3) is 0 Å². The summed E-state index contributed by atoms with van der Waals surface area (Å²) in [5.74, 6) is 0.110. The van der Waals surface area contributed by atoms with Crippen molar-refractivity contribution in [2.24, 2.45) is 0 Å². The van der Waals surface area contributed by atoms with Crippen LogP contribution in [-0.4, -0.2) is 41.6 Å². The van der Waals surface area contributed by atoms with Crippen molar-refractivity contribution in [3.63, 3.8) is 0 Å². The van der Waals surface area contributed by atoms with Crippen molar-refractivity contribution in [3.05, 3.63) is 35.9 Å². The van der Waals surface area contributed by atoms with Crippen molar-refractivity contribution in [2.45, 2.75) is 58.1 Å². The molecule has 132 valence electrons. The van der Waals surface area contributed by atoms with Crippen molar-refractivity contribution >= 4 is 12.0 Å². The van der Waals surface area contributed by atoms with E-state index in [1.54, 1.807) is 0 Å². The first-order valence-corrected chi connectivity index (χ1v) is 8.65. The lowest BCUT2D eigenvalue weighted by Gasteiger charge is -2.27. The van der Waals surface area contributed by atoms with E-state index in [9.17, 15) is 9.59 Å². The van der Waals surface area contributed by atoms with Gasteiger partial charge in [0.05, 0.1) is 6.42 Å². The molecule has 0 unspecified atom stereocenters. The van der Waals surface area contributed by atoms with Crippen LogP contribution in [0.2, 0.25) is 0 Å². The number of hydrogen-bond donors (Lipinski definition) is 1. The molecule has 0 saturated carbocycles. The zero-order valence-electron chi connectivity index (χ0n) is 14.9. The average Bonchev–Trinajstić information content (AvgIpc) is 2.72. The molecule has 0 aliphatic carbocycles. The fourth-order valence-electron chi connectivity index (χ4n) is 2.84. The maximum Gasteiger partial charge on any atom is 0.407 e. The van der Waals surface area contributed by atoms with Crippen molar-refractivity contribution < 1.29 is 14.3 Å². The summed E-state index contributed by atoms with van der Waals surface area (Å²) in [7, 11) is 0. The molecule has 2 amide bonds. The van der Waals surface area contributed by atoms with E-state index >= 15 is 0 Å². The van der Waals surface area contributed by atoms with Crippen LogP contribution < -0.4 is 5.32 Å². The van der Waals surface area contributed by atoms with Crippen molar-refractivity contribution in [1.29, 1.82) is 0 Å². The van der Waals surface area contributed by atoms with Crippen LogP contribution in [-0.2, 0) is 16.0 Å². The van der Waals surface area contributed by atoms with Crippen LogP contribution in [0.1, 0.15) is 45.6 Å². The number of alkyl carbamates (subject to hydrolysis) is 1. The van der Waals surface area contributed by atoms with E-state index < -0.39 is 11.7 Å². The number of hydrogen-bond acceptors (Lipinski definition) is 3. The SMILES string of the molecule is CC(C)(C)OC(=O)N[C@@H]1CCCCN(C(=O)Cc2ccccc2)C1. The molecular weight excluding hydrogens is 304 g/mol. The second-order valence-corrected chi connectivity index (χ2v) is 7.34. The summed E-state index contributed by atoms with van der Waals surface area (Å²) in [6, 6.07) is 9.71. The highest BCUT2D eigenvalue weighted by molar-refractivity contribution is 5.79. The van der Waals surface area contributed by atoms with Crippen LogP contribution in [0.15, 0.2) is 30.3 Å². The summed E-state index contributed by atoms with van der Waals surface area (Å²) < 4.78 is 5.32. The predicted octanol–water partition coefficient (Wildman–Crippen LogP) is 3.13. The summed E-state index contributed by atoms with van der Waals surface area (Å²) >= 11 is 0. The van der Waals surface area contributed by atoms with Crippen molar-refractivity contribution in [1.82, 2.24) is 10.2 Å². The monoisotopic (exact) mass is 332 g/mol. The van der Waals surface area contributed by atoms with Crippen molar-refractivity contribution in [3.8, 4) is 0 Å². The minimum absolute atomic E-state index is 0.0536. The molecule has 1 fully saturated rings. The quantitative estimate of drug-likeness (QED) is 0.925. The molecule has 1 aromatic rings. The molecule has 0 bridgehead atoms. The largest absolute Gasteiger partial charge is 0.444 e. The Balaban J connectivity index is 1.91. The lowest BCUT2D eigenvalue weighted by molar-refractivity contribution is -0.130. The molecule has 1 aliphatic heterocycles. The van der Waals surface area contributed by atoms with Crippen LogP contribution in [0.4, 0.5) is 4.79 Å². The predicted molar refractivity (Wildman–Crippen MR) is 93.7 cm³/mol. The zero-order chi connectivity index (χ0) is 17.6. The molecule has 1 heterocycles. The average molecular weight is 332 g/mol. The summed E-state index contributed by atoms with van der Waals surface area (Å²) in [4.78, 5) is 26.4. The van der Waals surface area contributed by atoms with Gasteiger partial charge in [0.2, 0.25) is 5.91 Å². The summed E-state index contributed by atoms with van der Waals surface area (Å²) in [6.07, 6.45) is 2.82. The molecular formula is C19H28N2O3. The minimum Gasteiger partial charge on any atom is -0.444 e. The molecule has 0 aromatic heterocycles. The summed E-state index contributed by atoms with van der Waals surface area (Å²) in [5.41, 5.74) is 0.501. The number of rotatable bonds is 3. The van der Waals surface area contributed by atoms with Gasteiger partial charge < -0.3 is 15.0 Å². The maximum atomic E-state index is 12.6. The molecule has 0 spiro atoms. The highest BCUT2D eigenvalue weighted by Gasteiger charge is 2.25. The van der Waals surface area contributed by atoms with E-state index in [1.165, 1.54) is 0 Å². The zero-order valence-corrected chi connectivity index (χ0v) is 14.9. The van der Waals surface area contributed by atoms with Gasteiger partial charge in [-0.3, -0.25) is 4.79 Å². The van der Waals surface area contributed by atoms with Gasteiger partial charge in [-0.25, -0.2) is 4.79 Å². The number of amides is 2. The Morgan fingerprint density at radius 1 is 1.21 bits per heavy atom. The first-order valence-electron chi connectivity index (χ1n) is 8.65. The van der Waals surface area contributed by atoms with Gasteiger partial charge in [-0.15, -0.1) is 0 Å². The van der Waals surface area contributed by atoms with Gasteiger partial charge in [0.1, 0.15) is 5.60 Å². The van der Waals surface area contributed by atoms with Gasteiger partial charge in [0.15, 0.2) is 0 Å². The standard InChI is InChI=1S/C19H28N2O3/c1-19(2,3)24-18(23)20-16-11-7-8-12-21(14-16)17(22)13-15-9-5-4-6-10-15/h4-6,9-10,16H,7-8,11-14H2,1-3H3,(H,20,23)/t16-/m1/s1. The Hall–Kier alpha value is -2.04.